The minimum Gasteiger partial charge on any atom is -0.378 e. The van der Waals surface area contributed by atoms with Gasteiger partial charge in [0.05, 0.1) is 18.1 Å². The summed E-state index contributed by atoms with van der Waals surface area (Å²) < 4.78 is 61.2. The minimum atomic E-state index is -1.62. The molecule has 0 saturated carbocycles. The van der Waals surface area contributed by atoms with Crippen molar-refractivity contribution in [1.82, 2.24) is 15.6 Å². The van der Waals surface area contributed by atoms with Crippen LogP contribution >= 0.6 is 0 Å². The lowest BCUT2D eigenvalue weighted by atomic mass is 9.73. The Labute approximate surface area is 279 Å². The Hall–Kier alpha value is -4.79. The number of fused-ring (bicyclic) bond motifs is 2. The lowest BCUT2D eigenvalue weighted by molar-refractivity contribution is -0.384. The van der Waals surface area contributed by atoms with Gasteiger partial charge in [-0.2, -0.15) is 0 Å². The van der Waals surface area contributed by atoms with Crippen LogP contribution < -0.4 is 20.4 Å². The van der Waals surface area contributed by atoms with Crippen LogP contribution in [0.4, 0.5) is 34.8 Å². The third kappa shape index (κ3) is 7.02. The van der Waals surface area contributed by atoms with E-state index in [1.807, 2.05) is 4.90 Å². The van der Waals surface area contributed by atoms with Crippen molar-refractivity contribution >= 4 is 29.0 Å². The van der Waals surface area contributed by atoms with Crippen LogP contribution in [0, 0.1) is 33.4 Å². The maximum atomic E-state index is 14.7. The SMILES string of the molecule is CNC(=O)[C@@H](Cc1cc(F)c(F)c(F)c1)NC(=O)CC1CC2(CCN(c3cc(N4CCOCC4)c([N+](=O)[O-])cn3)CC2)c2cc(F)ccc21. The van der Waals surface area contributed by atoms with Gasteiger partial charge in [-0.25, -0.2) is 22.5 Å². The molecule has 0 radical (unpaired) electrons. The number of hydrogen-bond donors (Lipinski definition) is 2. The third-order valence-electron chi connectivity index (χ3n) is 9.92. The average molecular weight is 685 g/mol. The highest BCUT2D eigenvalue weighted by Gasteiger charge is 2.46. The molecule has 3 aromatic rings. The van der Waals surface area contributed by atoms with E-state index in [9.17, 15) is 37.3 Å². The second kappa shape index (κ2) is 14.0. The largest absolute Gasteiger partial charge is 0.378 e. The number of ether oxygens (including phenoxy) is 1. The number of likely N-dealkylation sites (N-methyl/N-ethyl adjacent to an activating group) is 1. The van der Waals surface area contributed by atoms with Crippen LogP contribution in [0.3, 0.4) is 0 Å². The molecule has 6 rings (SSSR count). The molecule has 0 bridgehead atoms. The van der Waals surface area contributed by atoms with Gasteiger partial charge in [0.25, 0.3) is 0 Å². The van der Waals surface area contributed by atoms with Gasteiger partial charge in [-0.3, -0.25) is 19.7 Å². The monoisotopic (exact) mass is 684 g/mol. The van der Waals surface area contributed by atoms with Gasteiger partial charge in [0, 0.05) is 52.1 Å². The third-order valence-corrected chi connectivity index (χ3v) is 9.92. The number of halogens is 4. The molecule has 11 nitrogen and oxygen atoms in total. The highest BCUT2D eigenvalue weighted by Crippen LogP contribution is 2.53. The van der Waals surface area contributed by atoms with Crippen molar-refractivity contribution in [2.45, 2.75) is 49.5 Å². The Morgan fingerprint density at radius 3 is 2.39 bits per heavy atom. The van der Waals surface area contributed by atoms with E-state index in [4.69, 9.17) is 4.74 Å². The quantitative estimate of drug-likeness (QED) is 0.148. The standard InChI is InChI=1S/C34H36F4N6O5/c1-39-33(46)27(14-20-12-25(36)32(38)26(37)13-20)41-31(45)15-21-18-34(24-16-22(35)2-3-23(21)24)4-6-43(7-5-34)30-17-28(29(19-40-30)44(47)48)42-8-10-49-11-9-42/h2-3,12-13,16-17,19,21,27H,4-11,14-15,18H2,1H3,(H,39,46)(H,41,45)/t21?,27-/m1/s1. The molecular formula is C34H36F4N6O5. The molecule has 49 heavy (non-hydrogen) atoms. The average Bonchev–Trinajstić information content (AvgIpc) is 3.37. The molecule has 2 fully saturated rings. The minimum absolute atomic E-state index is 0.00252. The fraction of sp³-hybridized carbons (Fsp3) is 0.441. The first-order valence-corrected chi connectivity index (χ1v) is 16.1. The molecule has 2 saturated heterocycles. The van der Waals surface area contributed by atoms with E-state index < -0.39 is 51.5 Å². The number of morpholine rings is 1. The van der Waals surface area contributed by atoms with Crippen molar-refractivity contribution in [1.29, 1.82) is 0 Å². The number of carbonyl (C=O) groups excluding carboxylic acids is 2. The number of benzene rings is 2. The molecule has 3 heterocycles. The number of nitro groups is 1. The van der Waals surface area contributed by atoms with Gasteiger partial charge in [0.15, 0.2) is 17.5 Å². The van der Waals surface area contributed by atoms with Crippen LogP contribution in [0.1, 0.15) is 48.3 Å². The first kappa shape index (κ1) is 34.1. The molecule has 15 heteroatoms. The zero-order chi connectivity index (χ0) is 34.9. The first-order chi connectivity index (χ1) is 23.5. The number of nitrogens with one attached hydrogen (secondary N) is 2. The maximum Gasteiger partial charge on any atom is 0.310 e. The molecule has 260 valence electrons. The summed E-state index contributed by atoms with van der Waals surface area (Å²) in [7, 11) is 1.36. The first-order valence-electron chi connectivity index (χ1n) is 16.1. The molecular weight excluding hydrogens is 648 g/mol. The molecule has 1 aromatic heterocycles. The number of amides is 2. The van der Waals surface area contributed by atoms with Crippen molar-refractivity contribution in [2.24, 2.45) is 0 Å². The summed E-state index contributed by atoms with van der Waals surface area (Å²) in [5.41, 5.74) is 1.65. The summed E-state index contributed by atoms with van der Waals surface area (Å²) in [5.74, 6) is -5.56. The molecule has 1 unspecified atom stereocenters. The van der Waals surface area contributed by atoms with Crippen LogP contribution in [0.5, 0.6) is 0 Å². The maximum absolute atomic E-state index is 14.7. The molecule has 2 amide bonds. The number of piperidine rings is 1. The van der Waals surface area contributed by atoms with E-state index in [0.717, 1.165) is 23.3 Å². The summed E-state index contributed by atoms with van der Waals surface area (Å²) in [6.07, 6.45) is 2.80. The van der Waals surface area contributed by atoms with Gasteiger partial charge in [0.1, 0.15) is 29.6 Å². The van der Waals surface area contributed by atoms with E-state index in [1.165, 1.54) is 25.4 Å². The molecule has 2 N–H and O–H groups in total. The topological polar surface area (TPSA) is 130 Å². The molecule has 1 spiro atoms. The number of anilines is 2. The summed E-state index contributed by atoms with van der Waals surface area (Å²) in [5, 5.41) is 16.9. The highest BCUT2D eigenvalue weighted by atomic mass is 19.2. The predicted molar refractivity (Wildman–Crippen MR) is 171 cm³/mol. The van der Waals surface area contributed by atoms with Gasteiger partial charge in [-0.05, 0) is 71.6 Å². The summed E-state index contributed by atoms with van der Waals surface area (Å²) in [6, 6.07) is 6.71. The van der Waals surface area contributed by atoms with Crippen molar-refractivity contribution in [3.8, 4) is 0 Å². The van der Waals surface area contributed by atoms with E-state index in [1.54, 1.807) is 12.1 Å². The number of aromatic nitrogens is 1. The summed E-state index contributed by atoms with van der Waals surface area (Å²) >= 11 is 0. The van der Waals surface area contributed by atoms with Crippen LogP contribution in [0.15, 0.2) is 42.6 Å². The second-order valence-corrected chi connectivity index (χ2v) is 12.8. The predicted octanol–water partition coefficient (Wildman–Crippen LogP) is 4.27. The van der Waals surface area contributed by atoms with Gasteiger partial charge < -0.3 is 25.2 Å². The Morgan fingerprint density at radius 2 is 1.73 bits per heavy atom. The van der Waals surface area contributed by atoms with Gasteiger partial charge >= 0.3 is 5.69 Å². The normalized spacial score (nSPS) is 19.0. The van der Waals surface area contributed by atoms with Gasteiger partial charge in [0.2, 0.25) is 11.8 Å². The smallest absolute Gasteiger partial charge is 0.310 e. The zero-order valence-electron chi connectivity index (χ0n) is 26.8. The number of carbonyl (C=O) groups is 2. The fourth-order valence-corrected chi connectivity index (χ4v) is 7.47. The Bertz CT molecular complexity index is 1740. The zero-order valence-corrected chi connectivity index (χ0v) is 26.8. The lowest BCUT2D eigenvalue weighted by Gasteiger charge is -2.41. The highest BCUT2D eigenvalue weighted by molar-refractivity contribution is 5.88. The van der Waals surface area contributed by atoms with Gasteiger partial charge in [-0.15, -0.1) is 0 Å². The van der Waals surface area contributed by atoms with Crippen LogP contribution in [0.25, 0.3) is 0 Å². The van der Waals surface area contributed by atoms with E-state index in [-0.39, 0.29) is 30.0 Å². The van der Waals surface area contributed by atoms with Gasteiger partial charge in [-0.1, -0.05) is 6.07 Å². The Morgan fingerprint density at radius 1 is 1.04 bits per heavy atom. The fourth-order valence-electron chi connectivity index (χ4n) is 7.47. The van der Waals surface area contributed by atoms with E-state index in [0.29, 0.717) is 70.2 Å². The van der Waals surface area contributed by atoms with Crippen molar-refractivity contribution in [3.63, 3.8) is 0 Å². The summed E-state index contributed by atoms with van der Waals surface area (Å²) in [4.78, 5) is 45.8. The van der Waals surface area contributed by atoms with Crippen molar-refractivity contribution < 1.29 is 36.8 Å². The van der Waals surface area contributed by atoms with Crippen LogP contribution in [-0.4, -0.2) is 74.2 Å². The number of nitrogens with zero attached hydrogens (tertiary/aromatic N) is 4. The second-order valence-electron chi connectivity index (χ2n) is 12.8. The van der Waals surface area contributed by atoms with E-state index in [2.05, 4.69) is 20.5 Å². The number of rotatable bonds is 9. The molecule has 3 aliphatic rings. The van der Waals surface area contributed by atoms with Crippen molar-refractivity contribution in [3.05, 3.63) is 92.7 Å². The lowest BCUT2D eigenvalue weighted by Crippen LogP contribution is -2.47. The molecule has 2 aromatic carbocycles. The number of hydrogen-bond acceptors (Lipinski definition) is 8. The van der Waals surface area contributed by atoms with Crippen LogP contribution in [0.2, 0.25) is 0 Å². The van der Waals surface area contributed by atoms with Crippen molar-refractivity contribution in [2.75, 3.05) is 56.2 Å². The number of pyridine rings is 1. The van der Waals surface area contributed by atoms with E-state index >= 15 is 0 Å². The summed E-state index contributed by atoms with van der Waals surface area (Å²) in [6.45, 7) is 3.08. The van der Waals surface area contributed by atoms with Crippen LogP contribution in [-0.2, 0) is 26.2 Å². The Kier molecular flexibility index (Phi) is 9.72. The Balaban J connectivity index is 1.17. The molecule has 1 aliphatic carbocycles. The molecule has 2 atom stereocenters. The molecule has 2 aliphatic heterocycles.